The molecule has 0 aliphatic rings. The van der Waals surface area contributed by atoms with Gasteiger partial charge in [0.25, 0.3) is 0 Å². The van der Waals surface area contributed by atoms with Gasteiger partial charge in [-0.2, -0.15) is 0 Å². The molecule has 21 heavy (non-hydrogen) atoms. The van der Waals surface area contributed by atoms with Crippen molar-refractivity contribution >= 4 is 23.9 Å². The van der Waals surface area contributed by atoms with Crippen molar-refractivity contribution in [3.8, 4) is 0 Å². The molecule has 0 bridgehead atoms. The standard InChI is InChI=1S/C13H22N2O6/c1-8(16)14-9(11(18)20-5)6-7-10(17)15-12(19)21-13(2,3)4/h9H,6-7H2,1-5H3,(H,14,16)(H,15,17,19)/t9-/m0/s1/i6D,9+1D/t6-,9-. The number of hydrogen-bond acceptors (Lipinski definition) is 6. The Morgan fingerprint density at radius 1 is 1.29 bits per heavy atom. The molecule has 0 spiro atoms. The zero-order valence-electron chi connectivity index (χ0n) is 14.7. The highest BCUT2D eigenvalue weighted by molar-refractivity contribution is 5.92. The maximum atomic E-state index is 11.7. The number of rotatable bonds is 5. The molecule has 0 unspecified atom stereocenters. The van der Waals surface area contributed by atoms with Gasteiger partial charge in [0.1, 0.15) is 11.6 Å². The van der Waals surface area contributed by atoms with E-state index in [-0.39, 0.29) is 0 Å². The SMILES string of the molecule is [2H][C@@H](CC(=O)NC(=O)OC(C)(C)C)[13C@]([2H])(NC(C)=O)C(=O)OC. The van der Waals surface area contributed by atoms with E-state index in [4.69, 9.17) is 7.48 Å². The average molecular weight is 305 g/mol. The molecule has 2 N–H and O–H groups in total. The molecule has 0 aromatic rings. The first-order valence-corrected chi connectivity index (χ1v) is 6.14. The maximum Gasteiger partial charge on any atom is 0.414 e. The van der Waals surface area contributed by atoms with Gasteiger partial charge in [-0.05, 0) is 27.2 Å². The average Bonchev–Trinajstić information content (AvgIpc) is 2.33. The van der Waals surface area contributed by atoms with Crippen molar-refractivity contribution in [1.29, 1.82) is 0 Å². The second kappa shape index (κ2) is 8.23. The number of ether oxygens (including phenoxy) is 2. The summed E-state index contributed by atoms with van der Waals surface area (Å²) in [6, 6.07) is -2.47. The summed E-state index contributed by atoms with van der Waals surface area (Å²) in [7, 11) is 0.987. The lowest BCUT2D eigenvalue weighted by Gasteiger charge is -2.19. The molecule has 3 amide bonds. The van der Waals surface area contributed by atoms with Crippen molar-refractivity contribution in [2.75, 3.05) is 7.11 Å². The number of nitrogens with one attached hydrogen (secondary N) is 2. The lowest BCUT2D eigenvalue weighted by atomic mass is 10.2. The van der Waals surface area contributed by atoms with E-state index in [1.54, 1.807) is 20.8 Å². The van der Waals surface area contributed by atoms with Crippen LogP contribution in [-0.4, -0.2) is 42.6 Å². The quantitative estimate of drug-likeness (QED) is 0.565. The highest BCUT2D eigenvalue weighted by atomic mass is 16.6. The Morgan fingerprint density at radius 2 is 1.86 bits per heavy atom. The van der Waals surface area contributed by atoms with Crippen LogP contribution in [0.4, 0.5) is 4.79 Å². The number of hydrogen-bond donors (Lipinski definition) is 2. The summed E-state index contributed by atoms with van der Waals surface area (Å²) in [5, 5.41) is 3.85. The van der Waals surface area contributed by atoms with Crippen molar-refractivity contribution < 1.29 is 31.4 Å². The van der Waals surface area contributed by atoms with E-state index in [2.05, 4.69) is 4.74 Å². The lowest BCUT2D eigenvalue weighted by Crippen LogP contribution is -2.42. The number of amides is 3. The van der Waals surface area contributed by atoms with Crippen LogP contribution in [0.3, 0.4) is 0 Å². The molecule has 0 heterocycles. The van der Waals surface area contributed by atoms with E-state index in [1.165, 1.54) is 0 Å². The molecule has 2 atom stereocenters. The van der Waals surface area contributed by atoms with Gasteiger partial charge in [0.15, 0.2) is 0 Å². The number of esters is 1. The van der Waals surface area contributed by atoms with E-state index in [0.717, 1.165) is 14.0 Å². The maximum absolute atomic E-state index is 11.7. The summed E-state index contributed by atoms with van der Waals surface area (Å²) < 4.78 is 24.9. The first kappa shape index (κ1) is 15.3. The monoisotopic (exact) mass is 305 g/mol. The summed E-state index contributed by atoms with van der Waals surface area (Å²) in [6.07, 6.45) is -3.40. The molecule has 8 heteroatoms. The van der Waals surface area contributed by atoms with E-state index in [0.29, 0.717) is 0 Å². The van der Waals surface area contributed by atoms with E-state index in [9.17, 15) is 19.2 Å². The molecule has 0 radical (unpaired) electrons. The molecule has 8 nitrogen and oxygen atoms in total. The van der Waals surface area contributed by atoms with Crippen LogP contribution in [0.2, 0.25) is 0 Å². The Hall–Kier alpha value is -2.12. The number of alkyl carbamates (subject to hydrolysis) is 1. The number of carbonyl (C=O) groups is 4. The molecule has 0 aliphatic heterocycles. The molecule has 120 valence electrons. The van der Waals surface area contributed by atoms with Crippen molar-refractivity contribution in [3.63, 3.8) is 0 Å². The second-order valence-electron chi connectivity index (χ2n) is 5.04. The van der Waals surface area contributed by atoms with Gasteiger partial charge in [-0.25, -0.2) is 9.59 Å². The molecule has 0 fully saturated rings. The van der Waals surface area contributed by atoms with E-state index >= 15 is 0 Å². The number of methoxy groups -OCH3 is 1. The van der Waals surface area contributed by atoms with Crippen LogP contribution in [0.1, 0.15) is 43.3 Å². The number of imide groups is 1. The van der Waals surface area contributed by atoms with Gasteiger partial charge in [-0.3, -0.25) is 14.9 Å². The smallest absolute Gasteiger partial charge is 0.414 e. The highest BCUT2D eigenvalue weighted by Crippen LogP contribution is 2.07. The topological polar surface area (TPSA) is 111 Å². The third-order valence-electron chi connectivity index (χ3n) is 1.85. The van der Waals surface area contributed by atoms with Gasteiger partial charge in [-0.15, -0.1) is 0 Å². The Kier molecular flexibility index (Phi) is 5.99. The Labute approximate surface area is 126 Å². The largest absolute Gasteiger partial charge is 0.467 e. The van der Waals surface area contributed by atoms with Crippen LogP contribution in [0.5, 0.6) is 0 Å². The summed E-state index contributed by atoms with van der Waals surface area (Å²) in [6.45, 7) is 5.87. The number of carbonyl (C=O) groups excluding carboxylic acids is 4. The first-order valence-electron chi connectivity index (χ1n) is 7.21. The summed E-state index contributed by atoms with van der Waals surface area (Å²) in [5.74, 6) is -2.86. The Balaban J connectivity index is 4.89. The van der Waals surface area contributed by atoms with Crippen LogP contribution in [0, 0.1) is 0 Å². The van der Waals surface area contributed by atoms with Crippen LogP contribution >= 0.6 is 0 Å². The third-order valence-corrected chi connectivity index (χ3v) is 1.85. The normalized spacial score (nSPS) is 16.4. The molecule has 0 aromatic carbocycles. The minimum absolute atomic E-state index is 0.696. The third kappa shape index (κ3) is 9.42. The molecule has 0 aromatic heterocycles. The van der Waals surface area contributed by atoms with E-state index in [1.807, 2.05) is 10.6 Å². The molecular formula is C13H22N2O6. The van der Waals surface area contributed by atoms with Crippen LogP contribution in [0.25, 0.3) is 0 Å². The van der Waals surface area contributed by atoms with Gasteiger partial charge in [-0.1, -0.05) is 0 Å². The van der Waals surface area contributed by atoms with Crippen molar-refractivity contribution in [3.05, 3.63) is 0 Å². The molecule has 0 aliphatic carbocycles. The summed E-state index contributed by atoms with van der Waals surface area (Å²) in [5.41, 5.74) is -0.813. The van der Waals surface area contributed by atoms with Crippen LogP contribution in [0.15, 0.2) is 0 Å². The van der Waals surface area contributed by atoms with Gasteiger partial charge >= 0.3 is 12.1 Å². The fourth-order valence-electron chi connectivity index (χ4n) is 1.15. The molecule has 0 saturated heterocycles. The van der Waals surface area contributed by atoms with Gasteiger partial charge in [0.05, 0.1) is 8.48 Å². The van der Waals surface area contributed by atoms with E-state index < -0.39 is 48.3 Å². The fraction of sp³-hybridized carbons (Fsp3) is 0.692. The van der Waals surface area contributed by atoms with Crippen LogP contribution in [-0.2, 0) is 23.9 Å². The highest BCUT2D eigenvalue weighted by Gasteiger charge is 2.23. The van der Waals surface area contributed by atoms with Gasteiger partial charge in [0.2, 0.25) is 11.8 Å². The summed E-state index contributed by atoms with van der Waals surface area (Å²) in [4.78, 5) is 45.9. The fourth-order valence-corrected chi connectivity index (χ4v) is 1.15. The zero-order valence-corrected chi connectivity index (χ0v) is 12.7. The Bertz CT molecular complexity index is 491. The summed E-state index contributed by atoms with van der Waals surface area (Å²) >= 11 is 0. The van der Waals surface area contributed by atoms with Gasteiger partial charge < -0.3 is 14.8 Å². The molecule has 0 rings (SSSR count). The first-order chi connectivity index (χ1) is 10.3. The minimum Gasteiger partial charge on any atom is -0.467 e. The van der Waals surface area contributed by atoms with Crippen molar-refractivity contribution in [2.24, 2.45) is 0 Å². The van der Waals surface area contributed by atoms with Crippen molar-refractivity contribution in [2.45, 2.75) is 52.1 Å². The minimum atomic E-state index is -2.47. The Morgan fingerprint density at radius 3 is 2.29 bits per heavy atom. The van der Waals surface area contributed by atoms with Crippen LogP contribution < -0.4 is 10.6 Å². The molecular weight excluding hydrogens is 281 g/mol. The molecule has 0 saturated carbocycles. The predicted octanol–water partition coefficient (Wildman–Crippen LogP) is 0.496. The predicted molar refractivity (Wildman–Crippen MR) is 73.2 cm³/mol. The lowest BCUT2D eigenvalue weighted by molar-refractivity contribution is -0.145. The van der Waals surface area contributed by atoms with Crippen molar-refractivity contribution in [1.82, 2.24) is 10.6 Å². The van der Waals surface area contributed by atoms with Gasteiger partial charge in [0, 0.05) is 14.7 Å². The zero-order chi connectivity index (χ0) is 18.4. The second-order valence-corrected chi connectivity index (χ2v) is 5.04.